The highest BCUT2D eigenvalue weighted by atomic mass is 31.0. The molecule has 0 aromatic heterocycles. The van der Waals surface area contributed by atoms with Gasteiger partial charge in [-0.3, -0.25) is 0 Å². The Kier molecular flexibility index (Phi) is 6.95. The predicted molar refractivity (Wildman–Crippen MR) is 122 cm³/mol. The third-order valence-corrected chi connectivity index (χ3v) is 6.76. The van der Waals surface area contributed by atoms with E-state index in [2.05, 4.69) is 11.7 Å². The van der Waals surface area contributed by atoms with Crippen molar-refractivity contribution in [3.63, 3.8) is 0 Å². The molecular weight excluding hydrogens is 473 g/mol. The zero-order valence-corrected chi connectivity index (χ0v) is 19.5. The SMILES string of the molecule is CC1CCC(c2ccc(-c3cc(F)c(C(F)(F)Oc4cc(F)c(F)c(P)c4)c(F)c3)cc2)CC1. The second-order valence-corrected chi connectivity index (χ2v) is 9.44. The van der Waals surface area contributed by atoms with E-state index in [1.54, 1.807) is 12.1 Å². The van der Waals surface area contributed by atoms with Gasteiger partial charge in [0.25, 0.3) is 0 Å². The second kappa shape index (κ2) is 9.61. The van der Waals surface area contributed by atoms with E-state index in [9.17, 15) is 26.3 Å². The van der Waals surface area contributed by atoms with Crippen LogP contribution in [0.2, 0.25) is 0 Å². The first-order valence-corrected chi connectivity index (χ1v) is 11.5. The summed E-state index contributed by atoms with van der Waals surface area (Å²) in [7, 11) is 1.83. The summed E-state index contributed by atoms with van der Waals surface area (Å²) < 4.78 is 89.9. The summed E-state index contributed by atoms with van der Waals surface area (Å²) in [6.45, 7) is 2.23. The molecule has 0 radical (unpaired) electrons. The van der Waals surface area contributed by atoms with Crippen molar-refractivity contribution in [1.29, 1.82) is 0 Å². The maximum atomic E-state index is 14.7. The number of hydrogen-bond acceptors (Lipinski definition) is 1. The lowest BCUT2D eigenvalue weighted by atomic mass is 9.79. The molecule has 3 aromatic rings. The van der Waals surface area contributed by atoms with Crippen LogP contribution in [0.3, 0.4) is 0 Å². The molecule has 1 nitrogen and oxygen atoms in total. The Morgan fingerprint density at radius 1 is 0.794 bits per heavy atom. The van der Waals surface area contributed by atoms with E-state index in [4.69, 9.17) is 0 Å². The molecule has 0 saturated heterocycles. The molecule has 1 atom stereocenters. The van der Waals surface area contributed by atoms with Gasteiger partial charge >= 0.3 is 6.11 Å². The lowest BCUT2D eigenvalue weighted by Crippen LogP contribution is -2.26. The van der Waals surface area contributed by atoms with Gasteiger partial charge in [-0.2, -0.15) is 8.78 Å². The van der Waals surface area contributed by atoms with Crippen LogP contribution in [0.25, 0.3) is 11.1 Å². The highest BCUT2D eigenvalue weighted by Gasteiger charge is 2.41. The summed E-state index contributed by atoms with van der Waals surface area (Å²) >= 11 is 0. The highest BCUT2D eigenvalue weighted by molar-refractivity contribution is 7.27. The van der Waals surface area contributed by atoms with E-state index in [1.165, 1.54) is 0 Å². The van der Waals surface area contributed by atoms with Crippen molar-refractivity contribution >= 4 is 14.5 Å². The van der Waals surface area contributed by atoms with Gasteiger partial charge in [0.2, 0.25) is 0 Å². The first-order valence-electron chi connectivity index (χ1n) is 11.0. The summed E-state index contributed by atoms with van der Waals surface area (Å²) in [6.07, 6.45) is 0.0244. The van der Waals surface area contributed by atoms with Crippen LogP contribution in [0.5, 0.6) is 5.75 Å². The third-order valence-electron chi connectivity index (χ3n) is 6.34. The van der Waals surface area contributed by atoms with E-state index < -0.39 is 40.7 Å². The molecule has 1 aliphatic rings. The van der Waals surface area contributed by atoms with Crippen molar-refractivity contribution in [3.05, 3.63) is 82.9 Å². The Bertz CT molecular complexity index is 1140. The Labute approximate surface area is 196 Å². The number of benzene rings is 3. The number of alkyl halides is 2. The van der Waals surface area contributed by atoms with Crippen molar-refractivity contribution in [2.24, 2.45) is 5.92 Å². The summed E-state index contributed by atoms with van der Waals surface area (Å²) in [5.74, 6) is -5.34. The molecular formula is C26H23F6OP. The highest BCUT2D eigenvalue weighted by Crippen LogP contribution is 2.39. The standard InChI is InChI=1S/C26H23F6OP/c1-14-2-4-15(5-3-14)16-6-8-17(9-7-16)18-10-20(27)24(21(28)11-18)26(31,32)33-19-12-22(29)25(30)23(34)13-19/h6-15H,2-5,34H2,1H3. The number of ether oxygens (including phenoxy) is 1. The topological polar surface area (TPSA) is 9.23 Å². The van der Waals surface area contributed by atoms with Crippen molar-refractivity contribution < 1.29 is 31.1 Å². The molecule has 180 valence electrons. The number of rotatable bonds is 5. The molecule has 1 aliphatic carbocycles. The van der Waals surface area contributed by atoms with Crippen molar-refractivity contribution in [2.75, 3.05) is 0 Å². The van der Waals surface area contributed by atoms with Gasteiger partial charge < -0.3 is 4.74 Å². The van der Waals surface area contributed by atoms with Crippen LogP contribution in [0.4, 0.5) is 26.3 Å². The van der Waals surface area contributed by atoms with Gasteiger partial charge in [0.1, 0.15) is 22.9 Å². The molecule has 34 heavy (non-hydrogen) atoms. The van der Waals surface area contributed by atoms with Gasteiger partial charge in [0.05, 0.1) is 0 Å². The van der Waals surface area contributed by atoms with Crippen LogP contribution >= 0.6 is 9.24 Å². The predicted octanol–water partition coefficient (Wildman–Crippen LogP) is 7.83. The average molecular weight is 496 g/mol. The molecule has 0 spiro atoms. The molecule has 1 fully saturated rings. The van der Waals surface area contributed by atoms with Gasteiger partial charge in [-0.15, -0.1) is 9.24 Å². The molecule has 0 bridgehead atoms. The minimum absolute atomic E-state index is 0.0958. The average Bonchev–Trinajstić information content (AvgIpc) is 2.77. The molecule has 0 N–H and O–H groups in total. The molecule has 8 heteroatoms. The third kappa shape index (κ3) is 5.10. The molecule has 3 aromatic carbocycles. The van der Waals surface area contributed by atoms with Gasteiger partial charge in [-0.1, -0.05) is 44.0 Å². The first kappa shape index (κ1) is 24.6. The fraction of sp³-hybridized carbons (Fsp3) is 0.308. The van der Waals surface area contributed by atoms with E-state index in [1.807, 2.05) is 21.4 Å². The maximum Gasteiger partial charge on any atom is 0.432 e. The molecule has 0 aliphatic heterocycles. The zero-order valence-electron chi connectivity index (χ0n) is 18.4. The monoisotopic (exact) mass is 496 g/mol. The van der Waals surface area contributed by atoms with Crippen LogP contribution in [-0.4, -0.2) is 0 Å². The largest absolute Gasteiger partial charge is 0.432 e. The summed E-state index contributed by atoms with van der Waals surface area (Å²) in [5, 5.41) is -0.367. The summed E-state index contributed by atoms with van der Waals surface area (Å²) in [6, 6.07) is 10.0. The van der Waals surface area contributed by atoms with E-state index in [0.717, 1.165) is 49.4 Å². The van der Waals surface area contributed by atoms with Crippen LogP contribution in [0.15, 0.2) is 48.5 Å². The fourth-order valence-electron chi connectivity index (χ4n) is 4.40. The van der Waals surface area contributed by atoms with Crippen LogP contribution < -0.4 is 10.0 Å². The van der Waals surface area contributed by atoms with E-state index >= 15 is 0 Å². The normalized spacial score (nSPS) is 18.7. The number of halogens is 6. The van der Waals surface area contributed by atoms with E-state index in [-0.39, 0.29) is 10.9 Å². The van der Waals surface area contributed by atoms with E-state index in [0.29, 0.717) is 23.5 Å². The van der Waals surface area contributed by atoms with Crippen LogP contribution in [-0.2, 0) is 6.11 Å². The molecule has 4 rings (SSSR count). The molecule has 1 saturated carbocycles. The summed E-state index contributed by atoms with van der Waals surface area (Å²) in [4.78, 5) is 0. The lowest BCUT2D eigenvalue weighted by Gasteiger charge is -2.26. The number of hydrogen-bond donors (Lipinski definition) is 0. The zero-order chi connectivity index (χ0) is 24.6. The Morgan fingerprint density at radius 2 is 1.38 bits per heavy atom. The molecule has 1 unspecified atom stereocenters. The summed E-state index contributed by atoms with van der Waals surface area (Å²) in [5.41, 5.74) is 0.112. The van der Waals surface area contributed by atoms with Gasteiger partial charge in [-0.05, 0) is 59.6 Å². The minimum atomic E-state index is -4.46. The Morgan fingerprint density at radius 3 is 1.94 bits per heavy atom. The molecule has 0 heterocycles. The maximum absolute atomic E-state index is 14.7. The van der Waals surface area contributed by atoms with Gasteiger partial charge in [-0.25, -0.2) is 17.6 Å². The van der Waals surface area contributed by atoms with Gasteiger partial charge in [0.15, 0.2) is 11.6 Å². The van der Waals surface area contributed by atoms with Crippen LogP contribution in [0.1, 0.15) is 49.7 Å². The Balaban J connectivity index is 1.58. The lowest BCUT2D eigenvalue weighted by molar-refractivity contribution is -0.189. The smallest absolute Gasteiger partial charge is 0.429 e. The van der Waals surface area contributed by atoms with Crippen molar-refractivity contribution in [3.8, 4) is 16.9 Å². The fourth-order valence-corrected chi connectivity index (χ4v) is 4.70. The van der Waals surface area contributed by atoms with Crippen molar-refractivity contribution in [1.82, 2.24) is 0 Å². The molecule has 0 amide bonds. The second-order valence-electron chi connectivity index (χ2n) is 8.82. The van der Waals surface area contributed by atoms with Gasteiger partial charge in [0, 0.05) is 11.4 Å². The first-order chi connectivity index (χ1) is 16.0. The quantitative estimate of drug-likeness (QED) is 0.258. The Hall–Kier alpha value is -2.53. The van der Waals surface area contributed by atoms with Crippen molar-refractivity contribution in [2.45, 2.75) is 44.6 Å². The minimum Gasteiger partial charge on any atom is -0.429 e. The van der Waals surface area contributed by atoms with Crippen LogP contribution in [0, 0.1) is 29.2 Å².